The first-order valence-electron chi connectivity index (χ1n) is 14.0. The van der Waals surface area contributed by atoms with Crippen molar-refractivity contribution in [3.8, 4) is 5.75 Å². The Labute approximate surface area is 242 Å². The molecule has 0 saturated heterocycles. The molecule has 1 aliphatic carbocycles. The highest BCUT2D eigenvalue weighted by atomic mass is 79.9. The van der Waals surface area contributed by atoms with E-state index in [4.69, 9.17) is 4.74 Å². The third kappa shape index (κ3) is 12.0. The van der Waals surface area contributed by atoms with Crippen LogP contribution in [0.25, 0.3) is 0 Å². The van der Waals surface area contributed by atoms with Gasteiger partial charge >= 0.3 is 0 Å². The van der Waals surface area contributed by atoms with Crippen molar-refractivity contribution in [2.24, 2.45) is 0 Å². The summed E-state index contributed by atoms with van der Waals surface area (Å²) in [5.41, 5.74) is 6.09. The quantitative estimate of drug-likeness (QED) is 0.121. The van der Waals surface area contributed by atoms with Gasteiger partial charge in [0.25, 0.3) is 0 Å². The Kier molecular flexibility index (Phi) is 14.2. The molecule has 3 aromatic carbocycles. The van der Waals surface area contributed by atoms with Gasteiger partial charge in [0, 0.05) is 8.95 Å². The van der Waals surface area contributed by atoms with E-state index >= 15 is 0 Å². The maximum absolute atomic E-state index is 5.74. The van der Waals surface area contributed by atoms with Crippen LogP contribution in [0, 0.1) is 0 Å². The van der Waals surface area contributed by atoms with Crippen molar-refractivity contribution in [3.63, 3.8) is 0 Å². The first-order chi connectivity index (χ1) is 18.1. The van der Waals surface area contributed by atoms with Crippen LogP contribution in [0.3, 0.4) is 0 Å². The first-order valence-corrected chi connectivity index (χ1v) is 15.6. The topological polar surface area (TPSA) is 9.23 Å². The molecule has 0 atom stereocenters. The molecule has 0 radical (unpaired) electrons. The minimum Gasteiger partial charge on any atom is -0.494 e. The zero-order valence-electron chi connectivity index (χ0n) is 22.2. The molecule has 3 aromatic rings. The van der Waals surface area contributed by atoms with Gasteiger partial charge in [0.1, 0.15) is 5.75 Å². The molecule has 0 spiro atoms. The lowest BCUT2D eigenvalue weighted by atomic mass is 9.86. The lowest BCUT2D eigenvalue weighted by Gasteiger charge is -2.19. The van der Waals surface area contributed by atoms with Crippen molar-refractivity contribution in [1.29, 1.82) is 0 Å². The summed E-state index contributed by atoms with van der Waals surface area (Å²) in [6, 6.07) is 23.7. The normalized spacial score (nSPS) is 11.6. The standard InChI is InChI=1S/C19H21BrO.C15H21Br/c20-18-9-11-19(12-10-18)21-13-3-1-2-4-15-5-6-16-7-8-17(16)14-15;1-2-3-4-5-6-7-8-9-14-10-12-15(16)13-11-14/h5-6,9-12,14H,1-4,7-8,13H2;2,10-13H,1,3-9H2. The van der Waals surface area contributed by atoms with Crippen LogP contribution in [-0.4, -0.2) is 6.61 Å². The maximum atomic E-state index is 5.74. The van der Waals surface area contributed by atoms with Crippen molar-refractivity contribution < 1.29 is 4.74 Å². The zero-order valence-corrected chi connectivity index (χ0v) is 25.4. The molecule has 0 aliphatic heterocycles. The Morgan fingerprint density at radius 2 is 1.19 bits per heavy atom. The monoisotopic (exact) mass is 624 g/mol. The second kappa shape index (κ2) is 17.6. The Morgan fingerprint density at radius 3 is 1.84 bits per heavy atom. The average Bonchev–Trinajstić information content (AvgIpc) is 2.89. The molecular weight excluding hydrogens is 584 g/mol. The predicted molar refractivity (Wildman–Crippen MR) is 167 cm³/mol. The largest absolute Gasteiger partial charge is 0.494 e. The van der Waals surface area contributed by atoms with Crippen molar-refractivity contribution in [2.45, 2.75) is 83.5 Å². The molecule has 0 fully saturated rings. The number of hydrogen-bond donors (Lipinski definition) is 0. The SMILES string of the molecule is Brc1ccc(OCCCCCc2ccc3c(c2)CC3)cc1.C=CCCCCCCCc1ccc(Br)cc1. The molecular formula is C34H42Br2O. The number of aryl methyl sites for hydroxylation is 4. The smallest absolute Gasteiger partial charge is 0.119 e. The van der Waals surface area contributed by atoms with Crippen LogP contribution < -0.4 is 4.74 Å². The second-order valence-corrected chi connectivity index (χ2v) is 11.8. The van der Waals surface area contributed by atoms with Gasteiger partial charge in [0.15, 0.2) is 0 Å². The van der Waals surface area contributed by atoms with E-state index < -0.39 is 0 Å². The van der Waals surface area contributed by atoms with E-state index in [2.05, 4.69) is 80.9 Å². The number of fused-ring (bicyclic) bond motifs is 1. The highest BCUT2D eigenvalue weighted by Gasteiger charge is 2.12. The molecule has 1 aliphatic rings. The van der Waals surface area contributed by atoms with E-state index in [1.165, 1.54) is 92.6 Å². The number of ether oxygens (including phenoxy) is 1. The summed E-state index contributed by atoms with van der Waals surface area (Å²) in [6.45, 7) is 4.55. The molecule has 0 bridgehead atoms. The van der Waals surface area contributed by atoms with Crippen molar-refractivity contribution >= 4 is 31.9 Å². The van der Waals surface area contributed by atoms with E-state index in [1.54, 1.807) is 11.1 Å². The molecule has 0 N–H and O–H groups in total. The molecule has 37 heavy (non-hydrogen) atoms. The van der Waals surface area contributed by atoms with Gasteiger partial charge in [-0.15, -0.1) is 6.58 Å². The van der Waals surface area contributed by atoms with Crippen LogP contribution in [0.2, 0.25) is 0 Å². The van der Waals surface area contributed by atoms with E-state index in [-0.39, 0.29) is 0 Å². The van der Waals surface area contributed by atoms with Gasteiger partial charge in [0.05, 0.1) is 6.61 Å². The van der Waals surface area contributed by atoms with Crippen LogP contribution >= 0.6 is 31.9 Å². The molecule has 0 saturated carbocycles. The fourth-order valence-corrected chi connectivity index (χ4v) is 5.06. The van der Waals surface area contributed by atoms with E-state index in [0.717, 1.165) is 23.2 Å². The summed E-state index contributed by atoms with van der Waals surface area (Å²) in [4.78, 5) is 0. The molecule has 198 valence electrons. The summed E-state index contributed by atoms with van der Waals surface area (Å²) in [5.74, 6) is 0.959. The van der Waals surface area contributed by atoms with Gasteiger partial charge in [-0.3, -0.25) is 0 Å². The summed E-state index contributed by atoms with van der Waals surface area (Å²) < 4.78 is 7.99. The number of unbranched alkanes of at least 4 members (excludes halogenated alkanes) is 7. The molecule has 3 heteroatoms. The second-order valence-electron chi connectivity index (χ2n) is 9.94. The Hall–Kier alpha value is -1.84. The van der Waals surface area contributed by atoms with Crippen LogP contribution in [0.1, 0.15) is 80.0 Å². The third-order valence-electron chi connectivity index (χ3n) is 6.91. The molecule has 4 rings (SSSR count). The summed E-state index contributed by atoms with van der Waals surface area (Å²) in [5, 5.41) is 0. The predicted octanol–water partition coefficient (Wildman–Crippen LogP) is 10.9. The molecule has 1 nitrogen and oxygen atoms in total. The highest BCUT2D eigenvalue weighted by Crippen LogP contribution is 2.24. The fraction of sp³-hybridized carbons (Fsp3) is 0.412. The number of hydrogen-bond acceptors (Lipinski definition) is 1. The van der Waals surface area contributed by atoms with Crippen molar-refractivity contribution in [2.75, 3.05) is 6.61 Å². The highest BCUT2D eigenvalue weighted by molar-refractivity contribution is 9.10. The van der Waals surface area contributed by atoms with Crippen LogP contribution in [0.4, 0.5) is 0 Å². The van der Waals surface area contributed by atoms with Crippen LogP contribution in [-0.2, 0) is 25.7 Å². The summed E-state index contributed by atoms with van der Waals surface area (Å²) >= 11 is 6.88. The van der Waals surface area contributed by atoms with Gasteiger partial charge in [-0.25, -0.2) is 0 Å². The lowest BCUT2D eigenvalue weighted by Crippen LogP contribution is -2.08. The van der Waals surface area contributed by atoms with Crippen LogP contribution in [0.15, 0.2) is 88.3 Å². The molecule has 0 aromatic heterocycles. The third-order valence-corrected chi connectivity index (χ3v) is 7.97. The number of allylic oxidation sites excluding steroid dienone is 1. The Morgan fingerprint density at radius 1 is 0.622 bits per heavy atom. The van der Waals surface area contributed by atoms with Gasteiger partial charge in [-0.05, 0) is 123 Å². The lowest BCUT2D eigenvalue weighted by molar-refractivity contribution is 0.305. The minimum atomic E-state index is 0.811. The van der Waals surface area contributed by atoms with Crippen molar-refractivity contribution in [3.05, 3.63) is 111 Å². The average molecular weight is 627 g/mol. The van der Waals surface area contributed by atoms with Gasteiger partial charge in [-0.2, -0.15) is 0 Å². The first kappa shape index (κ1) is 29.7. The zero-order chi connectivity index (χ0) is 26.1. The Balaban J connectivity index is 0.000000214. The Bertz CT molecular complexity index is 1040. The minimum absolute atomic E-state index is 0.811. The fourth-order valence-electron chi connectivity index (χ4n) is 4.53. The van der Waals surface area contributed by atoms with Gasteiger partial charge in [0.2, 0.25) is 0 Å². The summed E-state index contributed by atoms with van der Waals surface area (Å²) in [7, 11) is 0. The van der Waals surface area contributed by atoms with Crippen molar-refractivity contribution in [1.82, 2.24) is 0 Å². The van der Waals surface area contributed by atoms with Gasteiger partial charge in [-0.1, -0.05) is 87.5 Å². The number of halogens is 2. The molecule has 0 unspecified atom stereocenters. The van der Waals surface area contributed by atoms with E-state index in [1.807, 2.05) is 30.3 Å². The molecule has 0 amide bonds. The van der Waals surface area contributed by atoms with E-state index in [9.17, 15) is 0 Å². The molecule has 0 heterocycles. The number of rotatable bonds is 15. The van der Waals surface area contributed by atoms with E-state index in [0.29, 0.717) is 0 Å². The van der Waals surface area contributed by atoms with Gasteiger partial charge < -0.3 is 4.74 Å². The summed E-state index contributed by atoms with van der Waals surface area (Å²) in [6.07, 6.45) is 18.5. The number of benzene rings is 3. The van der Waals surface area contributed by atoms with Crippen LogP contribution in [0.5, 0.6) is 5.75 Å². The maximum Gasteiger partial charge on any atom is 0.119 e.